The zero-order chi connectivity index (χ0) is 11.8. The van der Waals surface area contributed by atoms with Gasteiger partial charge in [-0.25, -0.2) is 0 Å². The molecule has 92 valence electrons. The molecule has 0 amide bonds. The lowest BCUT2D eigenvalue weighted by Crippen LogP contribution is -2.12. The van der Waals surface area contributed by atoms with Crippen molar-refractivity contribution in [1.82, 2.24) is 0 Å². The van der Waals surface area contributed by atoms with Crippen LogP contribution in [0.2, 0.25) is 0 Å². The van der Waals surface area contributed by atoms with Gasteiger partial charge in [-0.05, 0) is 32.6 Å². The second-order valence-electron chi connectivity index (χ2n) is 4.59. The number of nitrogens with zero attached hydrogens (tertiary/aromatic N) is 1. The molecule has 0 N–H and O–H groups in total. The largest absolute Gasteiger partial charge is 0.469 e. The number of hydrogen-bond acceptors (Lipinski definition) is 3. The van der Waals surface area contributed by atoms with E-state index in [-0.39, 0.29) is 5.97 Å². The van der Waals surface area contributed by atoms with Gasteiger partial charge in [-0.3, -0.25) is 9.79 Å². The highest BCUT2D eigenvalue weighted by atomic mass is 16.5. The summed E-state index contributed by atoms with van der Waals surface area (Å²) in [7, 11) is 1.44. The number of methoxy groups -OCH3 is 1. The van der Waals surface area contributed by atoms with E-state index in [0.29, 0.717) is 12.5 Å². The van der Waals surface area contributed by atoms with E-state index in [1.807, 2.05) is 0 Å². The summed E-state index contributed by atoms with van der Waals surface area (Å²) in [6.45, 7) is 2.08. The van der Waals surface area contributed by atoms with Gasteiger partial charge in [0, 0.05) is 18.2 Å². The van der Waals surface area contributed by atoms with E-state index < -0.39 is 0 Å². The summed E-state index contributed by atoms with van der Waals surface area (Å²) in [5, 5.41) is 0. The molecule has 1 fully saturated rings. The van der Waals surface area contributed by atoms with Gasteiger partial charge in [-0.2, -0.15) is 0 Å². The third kappa shape index (κ3) is 5.29. The molecule has 0 heterocycles. The summed E-state index contributed by atoms with van der Waals surface area (Å²) in [6, 6.07) is 0.548. The molecule has 3 nitrogen and oxygen atoms in total. The third-order valence-electron chi connectivity index (χ3n) is 3.12. The van der Waals surface area contributed by atoms with Crippen LogP contribution in [0.4, 0.5) is 0 Å². The van der Waals surface area contributed by atoms with Crippen LogP contribution in [-0.2, 0) is 9.53 Å². The van der Waals surface area contributed by atoms with E-state index in [4.69, 9.17) is 4.99 Å². The topological polar surface area (TPSA) is 38.7 Å². The number of ether oxygens (including phenoxy) is 1. The summed E-state index contributed by atoms with van der Waals surface area (Å²) >= 11 is 0. The third-order valence-corrected chi connectivity index (χ3v) is 3.12. The Morgan fingerprint density at radius 3 is 2.56 bits per heavy atom. The minimum absolute atomic E-state index is 0.120. The lowest BCUT2D eigenvalue weighted by atomic mass is 9.96. The molecular formula is C13H23NO2. The molecule has 0 aromatic heterocycles. The Morgan fingerprint density at radius 1 is 1.25 bits per heavy atom. The van der Waals surface area contributed by atoms with E-state index >= 15 is 0 Å². The average molecular weight is 225 g/mol. The summed E-state index contributed by atoms with van der Waals surface area (Å²) in [4.78, 5) is 15.6. The minimum atomic E-state index is -0.120. The van der Waals surface area contributed by atoms with Crippen LogP contribution in [0.3, 0.4) is 0 Å². The fraction of sp³-hybridized carbons (Fsp3) is 0.846. The first-order valence-corrected chi connectivity index (χ1v) is 6.32. The van der Waals surface area contributed by atoms with Crippen LogP contribution in [0.5, 0.6) is 0 Å². The molecule has 3 heteroatoms. The molecule has 0 aromatic carbocycles. The van der Waals surface area contributed by atoms with Gasteiger partial charge in [0.1, 0.15) is 0 Å². The lowest BCUT2D eigenvalue weighted by Gasteiger charge is -2.18. The van der Waals surface area contributed by atoms with E-state index in [1.54, 1.807) is 0 Å². The molecule has 1 saturated carbocycles. The number of carbonyl (C=O) groups is 1. The number of aliphatic imine (C=N–C) groups is 1. The Balaban J connectivity index is 2.19. The maximum atomic E-state index is 10.9. The highest BCUT2D eigenvalue weighted by Gasteiger charge is 2.11. The van der Waals surface area contributed by atoms with Crippen molar-refractivity contribution in [3.05, 3.63) is 0 Å². The van der Waals surface area contributed by atoms with Gasteiger partial charge in [0.05, 0.1) is 7.11 Å². The molecular weight excluding hydrogens is 202 g/mol. The predicted octanol–water partition coefficient (Wildman–Crippen LogP) is 3.12. The Labute approximate surface area is 98.3 Å². The van der Waals surface area contributed by atoms with E-state index in [1.165, 1.54) is 44.9 Å². The molecule has 0 unspecified atom stereocenters. The Morgan fingerprint density at radius 2 is 1.94 bits per heavy atom. The van der Waals surface area contributed by atoms with Crippen LogP contribution in [-0.4, -0.2) is 24.8 Å². The highest BCUT2D eigenvalue weighted by Crippen LogP contribution is 2.20. The summed E-state index contributed by atoms with van der Waals surface area (Å²) in [6.07, 6.45) is 8.79. The van der Waals surface area contributed by atoms with Gasteiger partial charge in [-0.15, -0.1) is 0 Å². The SMILES string of the molecule is COC(=O)CCCC(C)=NC1CCCCC1. The predicted molar refractivity (Wildman–Crippen MR) is 65.8 cm³/mol. The van der Waals surface area contributed by atoms with E-state index in [0.717, 1.165) is 12.8 Å². The van der Waals surface area contributed by atoms with Crippen molar-refractivity contribution in [2.24, 2.45) is 4.99 Å². The first-order chi connectivity index (χ1) is 7.72. The van der Waals surface area contributed by atoms with Crippen LogP contribution in [0.25, 0.3) is 0 Å². The Bertz CT molecular complexity index is 242. The highest BCUT2D eigenvalue weighted by molar-refractivity contribution is 5.82. The quantitative estimate of drug-likeness (QED) is 0.532. The molecule has 1 aliphatic rings. The average Bonchev–Trinajstić information content (AvgIpc) is 2.30. The van der Waals surface area contributed by atoms with Crippen molar-refractivity contribution < 1.29 is 9.53 Å². The fourth-order valence-electron chi connectivity index (χ4n) is 2.18. The van der Waals surface area contributed by atoms with Crippen molar-refractivity contribution in [1.29, 1.82) is 0 Å². The maximum absolute atomic E-state index is 10.9. The Hall–Kier alpha value is -0.860. The number of esters is 1. The van der Waals surface area contributed by atoms with E-state index in [9.17, 15) is 4.79 Å². The van der Waals surface area contributed by atoms with Crippen LogP contribution >= 0.6 is 0 Å². The van der Waals surface area contributed by atoms with Crippen molar-refractivity contribution in [2.75, 3.05) is 7.11 Å². The molecule has 16 heavy (non-hydrogen) atoms. The summed E-state index contributed by atoms with van der Waals surface area (Å²) in [5.74, 6) is -0.120. The van der Waals surface area contributed by atoms with Crippen molar-refractivity contribution in [2.45, 2.75) is 64.3 Å². The summed E-state index contributed by atoms with van der Waals surface area (Å²) in [5.41, 5.74) is 1.19. The normalized spacial score (nSPS) is 18.5. The van der Waals surface area contributed by atoms with Crippen molar-refractivity contribution in [3.8, 4) is 0 Å². The van der Waals surface area contributed by atoms with Gasteiger partial charge in [0.25, 0.3) is 0 Å². The van der Waals surface area contributed by atoms with Crippen molar-refractivity contribution >= 4 is 11.7 Å². The molecule has 0 aromatic rings. The van der Waals surface area contributed by atoms with Crippen molar-refractivity contribution in [3.63, 3.8) is 0 Å². The second kappa shape index (κ2) is 7.42. The zero-order valence-corrected chi connectivity index (χ0v) is 10.5. The van der Waals surface area contributed by atoms with Crippen LogP contribution in [0.15, 0.2) is 4.99 Å². The molecule has 0 atom stereocenters. The second-order valence-corrected chi connectivity index (χ2v) is 4.59. The number of carbonyl (C=O) groups excluding carboxylic acids is 1. The van der Waals surface area contributed by atoms with Crippen LogP contribution in [0.1, 0.15) is 58.3 Å². The maximum Gasteiger partial charge on any atom is 0.305 e. The first kappa shape index (κ1) is 13.2. The van der Waals surface area contributed by atoms with Crippen LogP contribution in [0, 0.1) is 0 Å². The lowest BCUT2D eigenvalue weighted by molar-refractivity contribution is -0.140. The first-order valence-electron chi connectivity index (χ1n) is 6.32. The van der Waals surface area contributed by atoms with Crippen LogP contribution < -0.4 is 0 Å². The van der Waals surface area contributed by atoms with Gasteiger partial charge in [0.2, 0.25) is 0 Å². The number of hydrogen-bond donors (Lipinski definition) is 0. The monoisotopic (exact) mass is 225 g/mol. The van der Waals surface area contributed by atoms with E-state index in [2.05, 4.69) is 11.7 Å². The molecule has 1 aliphatic carbocycles. The standard InChI is InChI=1S/C13H23NO2/c1-11(7-6-10-13(15)16-2)14-12-8-4-3-5-9-12/h12H,3-10H2,1-2H3. The zero-order valence-electron chi connectivity index (χ0n) is 10.5. The molecule has 0 spiro atoms. The number of rotatable bonds is 5. The molecule has 1 rings (SSSR count). The van der Waals surface area contributed by atoms with Gasteiger partial charge < -0.3 is 4.74 Å². The van der Waals surface area contributed by atoms with Gasteiger partial charge >= 0.3 is 5.97 Å². The molecule has 0 radical (unpaired) electrons. The Kier molecular flexibility index (Phi) is 6.12. The molecule has 0 aliphatic heterocycles. The summed E-state index contributed by atoms with van der Waals surface area (Å²) < 4.78 is 4.60. The smallest absolute Gasteiger partial charge is 0.305 e. The molecule has 0 saturated heterocycles. The minimum Gasteiger partial charge on any atom is -0.469 e. The molecule has 0 bridgehead atoms. The fourth-order valence-corrected chi connectivity index (χ4v) is 2.18. The van der Waals surface area contributed by atoms with Gasteiger partial charge in [0.15, 0.2) is 0 Å². The van der Waals surface area contributed by atoms with Gasteiger partial charge in [-0.1, -0.05) is 19.3 Å².